The predicted octanol–water partition coefficient (Wildman–Crippen LogP) is 5.99. The van der Waals surface area contributed by atoms with Gasteiger partial charge in [-0.2, -0.15) is 0 Å². The Morgan fingerprint density at radius 2 is 1.53 bits per heavy atom. The lowest BCUT2D eigenvalue weighted by Crippen LogP contribution is -2.26. The molecule has 1 N–H and O–H groups in total. The fourth-order valence-corrected chi connectivity index (χ4v) is 3.15. The van der Waals surface area contributed by atoms with E-state index in [1.807, 2.05) is 91.9 Å². The Kier molecular flexibility index (Phi) is 8.46. The first kappa shape index (κ1) is 23.1. The van der Waals surface area contributed by atoms with Gasteiger partial charge in [-0.05, 0) is 73.0 Å². The van der Waals surface area contributed by atoms with Gasteiger partial charge in [-0.25, -0.2) is 4.79 Å². The number of carboxylic acids is 1. The standard InChI is InChI=1S/C27H28O5/c1-3-30-26(27(28)29)19-21-9-13-23(14-10-21)31-18-17-20(2)22-11-15-25(16-12-22)32-24-7-5-4-6-8-24/h4-17,26H,3,18-19H2,1-2H3,(H,28,29)/b20-17-/t26-/m0/s1. The quantitative estimate of drug-likeness (QED) is 0.403. The summed E-state index contributed by atoms with van der Waals surface area (Å²) < 4.78 is 16.9. The third-order valence-electron chi connectivity index (χ3n) is 4.92. The largest absolute Gasteiger partial charge is 0.490 e. The first-order valence-electron chi connectivity index (χ1n) is 10.6. The number of hydrogen-bond donors (Lipinski definition) is 1. The van der Waals surface area contributed by atoms with E-state index in [9.17, 15) is 9.90 Å². The number of benzene rings is 3. The summed E-state index contributed by atoms with van der Waals surface area (Å²) >= 11 is 0. The van der Waals surface area contributed by atoms with Gasteiger partial charge in [0, 0.05) is 13.0 Å². The zero-order valence-electron chi connectivity index (χ0n) is 18.4. The first-order chi connectivity index (χ1) is 15.5. The summed E-state index contributed by atoms with van der Waals surface area (Å²) in [6.45, 7) is 4.63. The van der Waals surface area contributed by atoms with Gasteiger partial charge < -0.3 is 19.3 Å². The monoisotopic (exact) mass is 432 g/mol. The van der Waals surface area contributed by atoms with Crippen LogP contribution in [0, 0.1) is 0 Å². The van der Waals surface area contributed by atoms with E-state index in [0.29, 0.717) is 19.6 Å². The Morgan fingerprint density at radius 1 is 0.906 bits per heavy atom. The van der Waals surface area contributed by atoms with Gasteiger partial charge in [0.1, 0.15) is 23.9 Å². The van der Waals surface area contributed by atoms with E-state index in [-0.39, 0.29) is 0 Å². The lowest BCUT2D eigenvalue weighted by atomic mass is 10.1. The number of carbonyl (C=O) groups is 1. The van der Waals surface area contributed by atoms with Crippen LogP contribution in [-0.4, -0.2) is 30.4 Å². The molecule has 0 aliphatic rings. The summed E-state index contributed by atoms with van der Waals surface area (Å²) in [5, 5.41) is 9.20. The molecule has 3 aromatic rings. The number of hydrogen-bond acceptors (Lipinski definition) is 4. The number of rotatable bonds is 11. The highest BCUT2D eigenvalue weighted by atomic mass is 16.5. The Labute approximate surface area is 188 Å². The summed E-state index contributed by atoms with van der Waals surface area (Å²) in [7, 11) is 0. The van der Waals surface area contributed by atoms with Gasteiger partial charge in [0.05, 0.1) is 0 Å². The van der Waals surface area contributed by atoms with Crippen molar-refractivity contribution >= 4 is 11.5 Å². The van der Waals surface area contributed by atoms with Crippen molar-refractivity contribution in [3.63, 3.8) is 0 Å². The van der Waals surface area contributed by atoms with Gasteiger partial charge in [-0.1, -0.05) is 42.5 Å². The SMILES string of the molecule is CCO[C@@H](Cc1ccc(OC/C=C(/C)c2ccc(Oc3ccccc3)cc2)cc1)C(=O)O. The third kappa shape index (κ3) is 7.00. The van der Waals surface area contributed by atoms with Gasteiger partial charge in [-0.3, -0.25) is 0 Å². The zero-order valence-corrected chi connectivity index (χ0v) is 18.4. The summed E-state index contributed by atoms with van der Waals surface area (Å²) in [5.41, 5.74) is 3.09. The molecule has 0 heterocycles. The molecular formula is C27H28O5. The van der Waals surface area contributed by atoms with Crippen molar-refractivity contribution in [1.82, 2.24) is 0 Å². The smallest absolute Gasteiger partial charge is 0.333 e. The fourth-order valence-electron chi connectivity index (χ4n) is 3.15. The molecule has 166 valence electrons. The maximum atomic E-state index is 11.2. The summed E-state index contributed by atoms with van der Waals surface area (Å²) in [5.74, 6) is 1.38. The van der Waals surface area contributed by atoms with Crippen molar-refractivity contribution in [2.45, 2.75) is 26.4 Å². The van der Waals surface area contributed by atoms with Gasteiger partial charge in [0.25, 0.3) is 0 Å². The minimum atomic E-state index is -0.951. The van der Waals surface area contributed by atoms with Crippen molar-refractivity contribution in [2.24, 2.45) is 0 Å². The Bertz CT molecular complexity index is 1010. The van der Waals surface area contributed by atoms with Gasteiger partial charge in [0.15, 0.2) is 6.10 Å². The van der Waals surface area contributed by atoms with Crippen LogP contribution in [0.1, 0.15) is 25.0 Å². The fraction of sp³-hybridized carbons (Fsp3) is 0.222. The second-order valence-electron chi connectivity index (χ2n) is 7.27. The molecule has 0 aromatic heterocycles. The molecule has 0 aliphatic carbocycles. The van der Waals surface area contributed by atoms with Crippen molar-refractivity contribution in [3.8, 4) is 17.2 Å². The van der Waals surface area contributed by atoms with E-state index in [1.165, 1.54) is 0 Å². The molecule has 0 saturated carbocycles. The maximum absolute atomic E-state index is 11.2. The van der Waals surface area contributed by atoms with Crippen molar-refractivity contribution in [1.29, 1.82) is 0 Å². The second kappa shape index (κ2) is 11.7. The van der Waals surface area contributed by atoms with Crippen LogP contribution in [0.4, 0.5) is 0 Å². The lowest BCUT2D eigenvalue weighted by Gasteiger charge is -2.12. The second-order valence-corrected chi connectivity index (χ2v) is 7.27. The van der Waals surface area contributed by atoms with Crippen LogP contribution in [0.2, 0.25) is 0 Å². The normalized spacial score (nSPS) is 12.2. The Hall–Kier alpha value is -3.57. The number of para-hydroxylation sites is 1. The zero-order chi connectivity index (χ0) is 22.8. The van der Waals surface area contributed by atoms with Crippen LogP contribution in [0.5, 0.6) is 17.2 Å². The van der Waals surface area contributed by atoms with Gasteiger partial charge >= 0.3 is 5.97 Å². The van der Waals surface area contributed by atoms with E-state index in [1.54, 1.807) is 6.92 Å². The third-order valence-corrected chi connectivity index (χ3v) is 4.92. The molecule has 3 rings (SSSR count). The van der Waals surface area contributed by atoms with E-state index >= 15 is 0 Å². The lowest BCUT2D eigenvalue weighted by molar-refractivity contribution is -0.149. The van der Waals surface area contributed by atoms with Gasteiger partial charge in [-0.15, -0.1) is 0 Å². The molecule has 0 spiro atoms. The average molecular weight is 433 g/mol. The molecule has 3 aromatic carbocycles. The van der Waals surface area contributed by atoms with Crippen LogP contribution in [0.15, 0.2) is 84.9 Å². The Balaban J connectivity index is 1.51. The molecular weight excluding hydrogens is 404 g/mol. The predicted molar refractivity (Wildman–Crippen MR) is 125 cm³/mol. The molecule has 0 amide bonds. The molecule has 0 unspecified atom stereocenters. The van der Waals surface area contributed by atoms with Crippen LogP contribution in [0.3, 0.4) is 0 Å². The molecule has 5 heteroatoms. The average Bonchev–Trinajstić information content (AvgIpc) is 2.81. The van der Waals surface area contributed by atoms with Crippen molar-refractivity contribution in [2.75, 3.05) is 13.2 Å². The summed E-state index contributed by atoms with van der Waals surface area (Å²) in [6, 6.07) is 25.1. The van der Waals surface area contributed by atoms with Crippen LogP contribution in [0.25, 0.3) is 5.57 Å². The maximum Gasteiger partial charge on any atom is 0.333 e. The number of carboxylic acid groups (broad SMARTS) is 1. The molecule has 1 atom stereocenters. The molecule has 0 aliphatic heterocycles. The van der Waals surface area contributed by atoms with Crippen LogP contribution >= 0.6 is 0 Å². The highest BCUT2D eigenvalue weighted by molar-refractivity contribution is 5.72. The van der Waals surface area contributed by atoms with Crippen LogP contribution in [-0.2, 0) is 16.0 Å². The first-order valence-corrected chi connectivity index (χ1v) is 10.6. The number of aliphatic carboxylic acids is 1. The molecule has 5 nitrogen and oxygen atoms in total. The van der Waals surface area contributed by atoms with Crippen LogP contribution < -0.4 is 9.47 Å². The summed E-state index contributed by atoms with van der Waals surface area (Å²) in [4.78, 5) is 11.2. The van der Waals surface area contributed by atoms with Gasteiger partial charge in [0.2, 0.25) is 0 Å². The van der Waals surface area contributed by atoms with E-state index in [0.717, 1.165) is 33.9 Å². The van der Waals surface area contributed by atoms with E-state index < -0.39 is 12.1 Å². The minimum Gasteiger partial charge on any atom is -0.490 e. The molecule has 0 saturated heterocycles. The summed E-state index contributed by atoms with van der Waals surface area (Å²) in [6.07, 6.45) is 1.52. The van der Waals surface area contributed by atoms with E-state index in [2.05, 4.69) is 0 Å². The molecule has 0 bridgehead atoms. The molecule has 0 fully saturated rings. The molecule has 32 heavy (non-hydrogen) atoms. The highest BCUT2D eigenvalue weighted by Gasteiger charge is 2.17. The minimum absolute atomic E-state index is 0.326. The topological polar surface area (TPSA) is 65.0 Å². The van der Waals surface area contributed by atoms with Crippen molar-refractivity contribution < 1.29 is 24.1 Å². The molecule has 0 radical (unpaired) electrons. The van der Waals surface area contributed by atoms with E-state index in [4.69, 9.17) is 14.2 Å². The Morgan fingerprint density at radius 3 is 2.16 bits per heavy atom. The number of allylic oxidation sites excluding steroid dienone is 1. The number of ether oxygens (including phenoxy) is 3. The highest BCUT2D eigenvalue weighted by Crippen LogP contribution is 2.23. The van der Waals surface area contributed by atoms with Crippen molar-refractivity contribution in [3.05, 3.63) is 96.1 Å².